The quantitative estimate of drug-likeness (QED) is 0.910. The summed E-state index contributed by atoms with van der Waals surface area (Å²) in [6.07, 6.45) is 1.57. The molecule has 0 atom stereocenters. The number of rotatable bonds is 5. The molecule has 0 saturated heterocycles. The lowest BCUT2D eigenvalue weighted by molar-refractivity contribution is -0.0498. The lowest BCUT2D eigenvalue weighted by Crippen LogP contribution is -2.05. The molecule has 1 aromatic carbocycles. The lowest BCUT2D eigenvalue weighted by atomic mass is 10.2. The molecule has 102 valence electrons. The summed E-state index contributed by atoms with van der Waals surface area (Å²) in [5.74, 6) is 0.552. The third-order valence-electron chi connectivity index (χ3n) is 2.51. The molecule has 0 radical (unpaired) electrons. The summed E-state index contributed by atoms with van der Waals surface area (Å²) in [7, 11) is 0. The van der Waals surface area contributed by atoms with Crippen molar-refractivity contribution >= 4 is 5.82 Å². The van der Waals surface area contributed by atoms with Gasteiger partial charge in [-0.15, -0.1) is 0 Å². The van der Waals surface area contributed by atoms with Crippen molar-refractivity contribution in [2.24, 2.45) is 0 Å². The average Bonchev–Trinajstić information content (AvgIpc) is 2.45. The highest BCUT2D eigenvalue weighted by Crippen LogP contribution is 2.17. The van der Waals surface area contributed by atoms with Gasteiger partial charge < -0.3 is 10.1 Å². The number of anilines is 1. The fourth-order valence-corrected chi connectivity index (χ4v) is 1.65. The van der Waals surface area contributed by atoms with Crippen LogP contribution < -0.4 is 10.1 Å². The summed E-state index contributed by atoms with van der Waals surface area (Å²) < 4.78 is 28.6. The second kappa shape index (κ2) is 6.48. The highest BCUT2D eigenvalue weighted by molar-refractivity contribution is 5.51. The number of nitrogens with zero attached hydrogens (tertiary/aromatic N) is 2. The van der Waals surface area contributed by atoms with Gasteiger partial charge in [0.1, 0.15) is 17.6 Å². The molecule has 1 N–H and O–H groups in total. The molecule has 1 aromatic heterocycles. The van der Waals surface area contributed by atoms with Crippen molar-refractivity contribution in [3.05, 3.63) is 53.7 Å². The largest absolute Gasteiger partial charge is 0.435 e. The van der Waals surface area contributed by atoms with Crippen molar-refractivity contribution < 1.29 is 13.5 Å². The lowest BCUT2D eigenvalue weighted by Gasteiger charge is -2.09. The van der Waals surface area contributed by atoms with Gasteiger partial charge in [-0.05, 0) is 29.8 Å². The van der Waals surface area contributed by atoms with Gasteiger partial charge in [-0.1, -0.05) is 12.1 Å². The fraction of sp³-hybridized carbons (Fsp3) is 0.143. The Morgan fingerprint density at radius 3 is 2.90 bits per heavy atom. The van der Waals surface area contributed by atoms with E-state index in [4.69, 9.17) is 5.26 Å². The number of nitriles is 1. The van der Waals surface area contributed by atoms with E-state index in [9.17, 15) is 8.78 Å². The molecule has 2 rings (SSSR count). The predicted octanol–water partition coefficient (Wildman–Crippen LogP) is 3.17. The topological polar surface area (TPSA) is 57.9 Å². The monoisotopic (exact) mass is 275 g/mol. The molecule has 0 saturated carbocycles. The summed E-state index contributed by atoms with van der Waals surface area (Å²) in [6, 6.07) is 11.7. The van der Waals surface area contributed by atoms with E-state index in [-0.39, 0.29) is 5.75 Å². The van der Waals surface area contributed by atoms with Crippen LogP contribution in [-0.2, 0) is 6.54 Å². The molecular formula is C14H11F2N3O. The maximum atomic E-state index is 12.1. The van der Waals surface area contributed by atoms with Crippen LogP contribution in [0.25, 0.3) is 0 Å². The molecule has 0 spiro atoms. The fourth-order valence-electron chi connectivity index (χ4n) is 1.65. The highest BCUT2D eigenvalue weighted by atomic mass is 19.3. The minimum atomic E-state index is -2.85. The summed E-state index contributed by atoms with van der Waals surface area (Å²) in [5, 5.41) is 11.9. The van der Waals surface area contributed by atoms with Gasteiger partial charge >= 0.3 is 6.61 Å². The normalized spacial score (nSPS) is 10.1. The van der Waals surface area contributed by atoms with Crippen LogP contribution >= 0.6 is 0 Å². The SMILES string of the molecule is N#Cc1cccnc1NCc1cccc(OC(F)F)c1. The minimum Gasteiger partial charge on any atom is -0.435 e. The maximum absolute atomic E-state index is 12.1. The third-order valence-corrected chi connectivity index (χ3v) is 2.51. The number of hydrogen-bond acceptors (Lipinski definition) is 4. The number of alkyl halides is 2. The molecule has 0 aliphatic heterocycles. The first-order valence-electron chi connectivity index (χ1n) is 5.82. The maximum Gasteiger partial charge on any atom is 0.387 e. The third kappa shape index (κ3) is 3.65. The molecule has 0 amide bonds. The van der Waals surface area contributed by atoms with Crippen LogP contribution in [0, 0.1) is 11.3 Å². The molecule has 0 aliphatic carbocycles. The van der Waals surface area contributed by atoms with Crippen LogP contribution in [0.5, 0.6) is 5.75 Å². The van der Waals surface area contributed by atoms with Gasteiger partial charge in [0.05, 0.1) is 5.56 Å². The van der Waals surface area contributed by atoms with Crippen molar-refractivity contribution in [1.82, 2.24) is 4.98 Å². The molecular weight excluding hydrogens is 264 g/mol. The van der Waals surface area contributed by atoms with Crippen LogP contribution in [0.4, 0.5) is 14.6 Å². The van der Waals surface area contributed by atoms with Crippen LogP contribution in [0.3, 0.4) is 0 Å². The number of ether oxygens (including phenoxy) is 1. The zero-order chi connectivity index (χ0) is 14.4. The van der Waals surface area contributed by atoms with Gasteiger partial charge in [0.2, 0.25) is 0 Å². The van der Waals surface area contributed by atoms with E-state index in [2.05, 4.69) is 15.0 Å². The van der Waals surface area contributed by atoms with Crippen LogP contribution in [0.15, 0.2) is 42.6 Å². The second-order valence-corrected chi connectivity index (χ2v) is 3.89. The Labute approximate surface area is 114 Å². The Morgan fingerprint density at radius 1 is 1.30 bits per heavy atom. The summed E-state index contributed by atoms with van der Waals surface area (Å²) in [6.45, 7) is -2.49. The van der Waals surface area contributed by atoms with Gasteiger partial charge in [-0.3, -0.25) is 0 Å². The first-order chi connectivity index (χ1) is 9.69. The first-order valence-corrected chi connectivity index (χ1v) is 5.82. The van der Waals surface area contributed by atoms with Gasteiger partial charge in [-0.2, -0.15) is 14.0 Å². The Balaban J connectivity index is 2.06. The van der Waals surface area contributed by atoms with Gasteiger partial charge in [-0.25, -0.2) is 4.98 Å². The van der Waals surface area contributed by atoms with Gasteiger partial charge in [0, 0.05) is 12.7 Å². The molecule has 20 heavy (non-hydrogen) atoms. The van der Waals surface area contributed by atoms with E-state index < -0.39 is 6.61 Å². The van der Waals surface area contributed by atoms with E-state index >= 15 is 0 Å². The van der Waals surface area contributed by atoms with Crippen LogP contribution in [-0.4, -0.2) is 11.6 Å². The molecule has 0 bridgehead atoms. The molecule has 1 heterocycles. The Kier molecular flexibility index (Phi) is 4.45. The molecule has 0 unspecified atom stereocenters. The number of nitrogens with one attached hydrogen (secondary N) is 1. The number of hydrogen-bond donors (Lipinski definition) is 1. The summed E-state index contributed by atoms with van der Waals surface area (Å²) in [4.78, 5) is 4.05. The van der Waals surface area contributed by atoms with Crippen molar-refractivity contribution in [3.63, 3.8) is 0 Å². The van der Waals surface area contributed by atoms with E-state index in [1.807, 2.05) is 6.07 Å². The molecule has 4 nitrogen and oxygen atoms in total. The van der Waals surface area contributed by atoms with Crippen molar-refractivity contribution in [2.45, 2.75) is 13.2 Å². The minimum absolute atomic E-state index is 0.0980. The number of aromatic nitrogens is 1. The zero-order valence-corrected chi connectivity index (χ0v) is 10.4. The Bertz CT molecular complexity index is 626. The standard InChI is InChI=1S/C14H11F2N3O/c15-14(16)20-12-5-1-3-10(7-12)9-19-13-11(8-17)4-2-6-18-13/h1-7,14H,9H2,(H,18,19). The van der Waals surface area contributed by atoms with Gasteiger partial charge in [0.25, 0.3) is 0 Å². The van der Waals surface area contributed by atoms with E-state index in [1.54, 1.807) is 30.5 Å². The van der Waals surface area contributed by atoms with Crippen LogP contribution in [0.1, 0.15) is 11.1 Å². The summed E-state index contributed by atoms with van der Waals surface area (Å²) in [5.41, 5.74) is 1.17. The van der Waals surface area contributed by atoms with Crippen LogP contribution in [0.2, 0.25) is 0 Å². The van der Waals surface area contributed by atoms with E-state index in [1.165, 1.54) is 12.1 Å². The second-order valence-electron chi connectivity index (χ2n) is 3.89. The van der Waals surface area contributed by atoms with E-state index in [0.29, 0.717) is 17.9 Å². The van der Waals surface area contributed by atoms with Gasteiger partial charge in [0.15, 0.2) is 0 Å². The van der Waals surface area contributed by atoms with E-state index in [0.717, 1.165) is 5.56 Å². The Hall–Kier alpha value is -2.68. The number of halogens is 2. The molecule has 0 aliphatic rings. The van der Waals surface area contributed by atoms with Crippen molar-refractivity contribution in [3.8, 4) is 11.8 Å². The van der Waals surface area contributed by atoms with Crippen molar-refractivity contribution in [2.75, 3.05) is 5.32 Å². The number of benzene rings is 1. The number of pyridine rings is 1. The molecule has 2 aromatic rings. The average molecular weight is 275 g/mol. The Morgan fingerprint density at radius 2 is 2.15 bits per heavy atom. The predicted molar refractivity (Wildman–Crippen MR) is 69.4 cm³/mol. The highest BCUT2D eigenvalue weighted by Gasteiger charge is 2.05. The van der Waals surface area contributed by atoms with Crippen molar-refractivity contribution in [1.29, 1.82) is 5.26 Å². The first kappa shape index (κ1) is 13.7. The smallest absolute Gasteiger partial charge is 0.387 e. The zero-order valence-electron chi connectivity index (χ0n) is 10.4. The summed E-state index contributed by atoms with van der Waals surface area (Å²) >= 11 is 0. The molecule has 0 fully saturated rings. The molecule has 6 heteroatoms.